The van der Waals surface area contributed by atoms with E-state index in [4.69, 9.17) is 0 Å². The molecular weight excluding hydrogens is 293 g/mol. The van der Waals surface area contributed by atoms with Crippen LogP contribution in [0.4, 0.5) is 13.2 Å². The van der Waals surface area contributed by atoms with Crippen molar-refractivity contribution in [3.8, 4) is 0 Å². The maximum atomic E-state index is 12.6. The zero-order chi connectivity index (χ0) is 14.8. The van der Waals surface area contributed by atoms with Crippen molar-refractivity contribution in [2.24, 2.45) is 5.16 Å². The third kappa shape index (κ3) is 3.08. The van der Waals surface area contributed by atoms with Gasteiger partial charge in [-0.25, -0.2) is 0 Å². The van der Waals surface area contributed by atoms with Gasteiger partial charge in [0.1, 0.15) is 0 Å². The summed E-state index contributed by atoms with van der Waals surface area (Å²) in [6.45, 7) is 0.576. The van der Waals surface area contributed by atoms with Crippen molar-refractivity contribution in [2.45, 2.75) is 24.9 Å². The van der Waals surface area contributed by atoms with Gasteiger partial charge < -0.3 is 9.94 Å². The molecule has 1 unspecified atom stereocenters. The van der Waals surface area contributed by atoms with Gasteiger partial charge in [-0.3, -0.25) is 4.72 Å². The molecule has 110 valence electrons. The number of rotatable bonds is 4. The zero-order valence-electron chi connectivity index (χ0n) is 10.6. The fraction of sp³-hybridized carbons (Fsp3) is 0.417. The number of nitrogens with zero attached hydrogens (tertiary/aromatic N) is 1. The second-order valence-electron chi connectivity index (χ2n) is 4.31. The average Bonchev–Trinajstić information content (AvgIpc) is 2.80. The first kappa shape index (κ1) is 15.1. The first-order valence-corrected chi connectivity index (χ1v) is 6.97. The Kier molecular flexibility index (Phi) is 4.26. The highest BCUT2D eigenvalue weighted by atomic mass is 32.2. The van der Waals surface area contributed by atoms with E-state index in [1.807, 2.05) is 12.3 Å². The molecule has 4 nitrogen and oxygen atoms in total. The minimum atomic E-state index is -4.88. The Morgan fingerprint density at radius 3 is 2.85 bits per heavy atom. The molecule has 1 aromatic rings. The number of benzene rings is 1. The van der Waals surface area contributed by atoms with Crippen LogP contribution in [0, 0.1) is 0 Å². The monoisotopic (exact) mass is 306 g/mol. The van der Waals surface area contributed by atoms with Crippen LogP contribution in [-0.4, -0.2) is 29.0 Å². The van der Waals surface area contributed by atoms with Crippen LogP contribution < -0.4 is 4.72 Å². The molecule has 2 N–H and O–H groups in total. The lowest BCUT2D eigenvalue weighted by Crippen LogP contribution is -2.45. The van der Waals surface area contributed by atoms with Crippen LogP contribution in [0.25, 0.3) is 0 Å². The number of nitrogens with one attached hydrogen (secondary N) is 1. The van der Waals surface area contributed by atoms with Crippen LogP contribution in [0.3, 0.4) is 0 Å². The Morgan fingerprint density at radius 2 is 2.25 bits per heavy atom. The standard InChI is InChI=1S/C12H13F3N2O2S/c1-20-16-7-8-3-2-4-9(5-8)10-6-11(18,19-17-10)12(13,14)15/h2-5,16,18H,6-7H2,1H3. The Hall–Kier alpha value is -1.25. The molecule has 2 rings (SSSR count). The summed E-state index contributed by atoms with van der Waals surface area (Å²) in [6, 6.07) is 6.92. The molecule has 1 atom stereocenters. The summed E-state index contributed by atoms with van der Waals surface area (Å²) in [7, 11) is 0. The highest BCUT2D eigenvalue weighted by Crippen LogP contribution is 2.38. The minimum Gasteiger partial charge on any atom is -0.350 e. The van der Waals surface area contributed by atoms with Gasteiger partial charge >= 0.3 is 12.0 Å². The van der Waals surface area contributed by atoms with Crippen molar-refractivity contribution < 1.29 is 23.1 Å². The summed E-state index contributed by atoms with van der Waals surface area (Å²) in [4.78, 5) is 4.19. The van der Waals surface area contributed by atoms with Crippen molar-refractivity contribution >= 4 is 17.7 Å². The van der Waals surface area contributed by atoms with Crippen LogP contribution in [-0.2, 0) is 11.4 Å². The first-order valence-electron chi connectivity index (χ1n) is 5.75. The molecule has 1 aromatic carbocycles. The first-order chi connectivity index (χ1) is 9.36. The maximum absolute atomic E-state index is 12.6. The molecule has 0 amide bonds. The fourth-order valence-corrected chi connectivity index (χ4v) is 2.06. The Morgan fingerprint density at radius 1 is 1.50 bits per heavy atom. The molecule has 8 heteroatoms. The summed E-state index contributed by atoms with van der Waals surface area (Å²) in [5.74, 6) is -3.23. The molecule has 1 aliphatic rings. The molecular formula is C12H13F3N2O2S. The molecule has 0 saturated heterocycles. The SMILES string of the molecule is CSNCc1cccc(C2=NOC(O)(C(F)(F)F)C2)c1. The van der Waals surface area contributed by atoms with Crippen molar-refractivity contribution in [1.29, 1.82) is 0 Å². The van der Waals surface area contributed by atoms with Gasteiger partial charge in [0.2, 0.25) is 0 Å². The molecule has 0 bridgehead atoms. The Bertz CT molecular complexity index is 522. The van der Waals surface area contributed by atoms with Crippen LogP contribution >= 0.6 is 11.9 Å². The summed E-state index contributed by atoms with van der Waals surface area (Å²) >= 11 is 1.44. The Labute approximate surface area is 118 Å². The third-order valence-electron chi connectivity index (χ3n) is 2.84. The summed E-state index contributed by atoms with van der Waals surface area (Å²) in [6.07, 6.45) is -3.71. The summed E-state index contributed by atoms with van der Waals surface area (Å²) in [5.41, 5.74) is 1.49. The van der Waals surface area contributed by atoms with E-state index in [1.165, 1.54) is 11.9 Å². The molecule has 0 spiro atoms. The topological polar surface area (TPSA) is 53.9 Å². The van der Waals surface area contributed by atoms with Crippen LogP contribution in [0.15, 0.2) is 29.4 Å². The van der Waals surface area contributed by atoms with E-state index >= 15 is 0 Å². The van der Waals surface area contributed by atoms with E-state index in [9.17, 15) is 18.3 Å². The number of oxime groups is 1. The second kappa shape index (κ2) is 5.63. The highest BCUT2D eigenvalue weighted by molar-refractivity contribution is 7.96. The molecule has 0 radical (unpaired) electrons. The highest BCUT2D eigenvalue weighted by Gasteiger charge is 2.60. The van der Waals surface area contributed by atoms with E-state index in [-0.39, 0.29) is 5.71 Å². The Balaban J connectivity index is 2.14. The maximum Gasteiger partial charge on any atom is 0.458 e. The fourth-order valence-electron chi connectivity index (χ4n) is 1.75. The summed E-state index contributed by atoms with van der Waals surface area (Å²) in [5, 5.41) is 12.8. The minimum absolute atomic E-state index is 0.0795. The molecule has 20 heavy (non-hydrogen) atoms. The molecule has 0 aromatic heterocycles. The number of hydrogen-bond acceptors (Lipinski definition) is 5. The lowest BCUT2D eigenvalue weighted by Gasteiger charge is -2.22. The number of alkyl halides is 3. The average molecular weight is 306 g/mol. The summed E-state index contributed by atoms with van der Waals surface area (Å²) < 4.78 is 40.9. The lowest BCUT2D eigenvalue weighted by molar-refractivity contribution is -0.355. The predicted octanol–water partition coefficient (Wildman–Crippen LogP) is 2.43. The van der Waals surface area contributed by atoms with Crippen molar-refractivity contribution in [1.82, 2.24) is 4.72 Å². The van der Waals surface area contributed by atoms with Gasteiger partial charge in [0.15, 0.2) is 0 Å². The van der Waals surface area contributed by atoms with Crippen molar-refractivity contribution in [3.63, 3.8) is 0 Å². The zero-order valence-corrected chi connectivity index (χ0v) is 11.4. The number of aliphatic hydroxyl groups is 1. The molecule has 0 fully saturated rings. The van der Waals surface area contributed by atoms with Gasteiger partial charge in [-0.15, -0.1) is 0 Å². The molecule has 1 heterocycles. The molecule has 0 saturated carbocycles. The molecule has 1 aliphatic heterocycles. The quantitative estimate of drug-likeness (QED) is 0.839. The van der Waals surface area contributed by atoms with Gasteiger partial charge in [0, 0.05) is 6.54 Å². The van der Waals surface area contributed by atoms with Crippen LogP contribution in [0.5, 0.6) is 0 Å². The van der Waals surface area contributed by atoms with E-state index in [0.29, 0.717) is 12.1 Å². The normalized spacial score (nSPS) is 22.6. The van der Waals surface area contributed by atoms with E-state index in [0.717, 1.165) is 5.56 Å². The largest absolute Gasteiger partial charge is 0.458 e. The number of halogens is 3. The smallest absolute Gasteiger partial charge is 0.350 e. The second-order valence-corrected chi connectivity index (χ2v) is 5.01. The van der Waals surface area contributed by atoms with Gasteiger partial charge in [-0.1, -0.05) is 35.3 Å². The third-order valence-corrected chi connectivity index (χ3v) is 3.27. The van der Waals surface area contributed by atoms with Gasteiger partial charge in [0.25, 0.3) is 0 Å². The van der Waals surface area contributed by atoms with Crippen LogP contribution in [0.2, 0.25) is 0 Å². The van der Waals surface area contributed by atoms with E-state index in [2.05, 4.69) is 14.7 Å². The molecule has 0 aliphatic carbocycles. The lowest BCUT2D eigenvalue weighted by atomic mass is 10.0. The number of hydrogen-bond donors (Lipinski definition) is 2. The van der Waals surface area contributed by atoms with E-state index in [1.54, 1.807) is 18.2 Å². The van der Waals surface area contributed by atoms with Crippen LogP contribution in [0.1, 0.15) is 17.5 Å². The predicted molar refractivity (Wildman–Crippen MR) is 70.0 cm³/mol. The van der Waals surface area contributed by atoms with Crippen molar-refractivity contribution in [3.05, 3.63) is 35.4 Å². The van der Waals surface area contributed by atoms with Gasteiger partial charge in [-0.2, -0.15) is 13.2 Å². The van der Waals surface area contributed by atoms with Gasteiger partial charge in [-0.05, 0) is 23.4 Å². The van der Waals surface area contributed by atoms with E-state index < -0.39 is 18.4 Å². The van der Waals surface area contributed by atoms with Gasteiger partial charge in [0.05, 0.1) is 12.1 Å². The van der Waals surface area contributed by atoms with Crippen molar-refractivity contribution in [2.75, 3.05) is 6.26 Å².